The molecule has 0 aliphatic heterocycles. The van der Waals surface area contributed by atoms with Crippen LogP contribution in [-0.4, -0.2) is 30.7 Å². The smallest absolute Gasteiger partial charge is 0.274 e. The quantitative estimate of drug-likeness (QED) is 0.623. The molecule has 1 heterocycles. The molecule has 3 aromatic rings. The van der Waals surface area contributed by atoms with Crippen molar-refractivity contribution in [1.29, 1.82) is 0 Å². The van der Waals surface area contributed by atoms with Crippen LogP contribution in [0.3, 0.4) is 0 Å². The molecular formula is C19H20N4O4S. The zero-order valence-electron chi connectivity index (χ0n) is 15.3. The van der Waals surface area contributed by atoms with Crippen LogP contribution in [0.5, 0.6) is 0 Å². The van der Waals surface area contributed by atoms with Crippen LogP contribution < -0.4 is 16.0 Å². The second kappa shape index (κ2) is 7.91. The van der Waals surface area contributed by atoms with Crippen molar-refractivity contribution in [2.24, 2.45) is 12.2 Å². The lowest BCUT2D eigenvalue weighted by molar-refractivity contribution is -0.120. The van der Waals surface area contributed by atoms with Gasteiger partial charge in [-0.1, -0.05) is 30.3 Å². The van der Waals surface area contributed by atoms with Crippen LogP contribution in [0.25, 0.3) is 10.8 Å². The van der Waals surface area contributed by atoms with Crippen molar-refractivity contribution in [3.8, 4) is 0 Å². The molecule has 0 atom stereocenters. The number of hydrogen-bond donors (Lipinski definition) is 2. The summed E-state index contributed by atoms with van der Waals surface area (Å²) in [7, 11) is -2.16. The van der Waals surface area contributed by atoms with E-state index >= 15 is 0 Å². The highest BCUT2D eigenvalue weighted by molar-refractivity contribution is 7.89. The summed E-state index contributed by atoms with van der Waals surface area (Å²) in [6.07, 6.45) is 0.594. The molecule has 8 nitrogen and oxygen atoms in total. The van der Waals surface area contributed by atoms with Crippen LogP contribution in [-0.2, 0) is 34.7 Å². The number of aryl methyl sites for hydroxylation is 1. The number of benzene rings is 2. The molecule has 1 aromatic heterocycles. The number of carbonyl (C=O) groups is 1. The van der Waals surface area contributed by atoms with E-state index in [1.165, 1.54) is 16.8 Å². The molecule has 2 aromatic carbocycles. The number of carbonyl (C=O) groups excluding carboxylic acids is 1. The lowest BCUT2D eigenvalue weighted by Gasteiger charge is -2.09. The minimum atomic E-state index is -3.71. The number of sulfonamides is 1. The SMILES string of the molecule is Cn1nc(CC(=O)NCCc2ccc(S(N)(=O)=O)cc2)c2ccccc2c1=O. The maximum absolute atomic E-state index is 12.3. The summed E-state index contributed by atoms with van der Waals surface area (Å²) in [6.45, 7) is 0.386. The Bertz CT molecular complexity index is 1180. The molecule has 3 N–H and O–H groups in total. The van der Waals surface area contributed by atoms with Crippen molar-refractivity contribution in [2.75, 3.05) is 6.54 Å². The highest BCUT2D eigenvalue weighted by atomic mass is 32.2. The van der Waals surface area contributed by atoms with E-state index in [1.807, 2.05) is 0 Å². The first kappa shape index (κ1) is 19.7. The number of primary sulfonamides is 1. The standard InChI is InChI=1S/C19H20N4O4S/c1-23-19(25)16-5-3-2-4-15(16)17(22-23)12-18(24)21-11-10-13-6-8-14(9-7-13)28(20,26)27/h2-9H,10-12H2,1H3,(H,21,24)(H2,20,26,27). The van der Waals surface area contributed by atoms with Gasteiger partial charge in [-0.3, -0.25) is 9.59 Å². The molecule has 0 unspecified atom stereocenters. The van der Waals surface area contributed by atoms with Crippen molar-refractivity contribution in [3.63, 3.8) is 0 Å². The third kappa shape index (κ3) is 4.44. The van der Waals surface area contributed by atoms with Gasteiger partial charge in [0.25, 0.3) is 5.56 Å². The second-order valence-corrected chi connectivity index (χ2v) is 7.95. The third-order valence-electron chi connectivity index (χ3n) is 4.35. The summed E-state index contributed by atoms with van der Waals surface area (Å²) in [5.41, 5.74) is 1.20. The van der Waals surface area contributed by atoms with E-state index in [4.69, 9.17) is 5.14 Å². The molecule has 0 aliphatic carbocycles. The van der Waals surface area contributed by atoms with Gasteiger partial charge >= 0.3 is 0 Å². The first-order valence-corrected chi connectivity index (χ1v) is 10.1. The van der Waals surface area contributed by atoms with Crippen LogP contribution in [0.15, 0.2) is 58.2 Å². The Kier molecular flexibility index (Phi) is 5.57. The Hall–Kier alpha value is -3.04. The topological polar surface area (TPSA) is 124 Å². The van der Waals surface area contributed by atoms with Crippen molar-refractivity contribution >= 4 is 26.7 Å². The molecule has 9 heteroatoms. The zero-order chi connectivity index (χ0) is 20.3. The third-order valence-corrected chi connectivity index (χ3v) is 5.28. The predicted octanol–water partition coefficient (Wildman–Crippen LogP) is 0.482. The van der Waals surface area contributed by atoms with E-state index in [1.54, 1.807) is 43.4 Å². The molecule has 0 aliphatic rings. The number of rotatable bonds is 6. The summed E-state index contributed by atoms with van der Waals surface area (Å²) in [6, 6.07) is 13.3. The predicted molar refractivity (Wildman–Crippen MR) is 105 cm³/mol. The fraction of sp³-hybridized carbons (Fsp3) is 0.211. The van der Waals surface area contributed by atoms with Gasteiger partial charge in [0.05, 0.1) is 22.4 Å². The average molecular weight is 400 g/mol. The Balaban J connectivity index is 1.63. The monoisotopic (exact) mass is 400 g/mol. The Morgan fingerprint density at radius 2 is 1.75 bits per heavy atom. The van der Waals surface area contributed by atoms with Crippen molar-refractivity contribution in [3.05, 3.63) is 70.1 Å². The van der Waals surface area contributed by atoms with E-state index in [2.05, 4.69) is 10.4 Å². The zero-order valence-corrected chi connectivity index (χ0v) is 16.1. The van der Waals surface area contributed by atoms with Crippen LogP contribution in [0, 0.1) is 0 Å². The number of amides is 1. The molecule has 0 radical (unpaired) electrons. The Morgan fingerprint density at radius 1 is 1.11 bits per heavy atom. The van der Waals surface area contributed by atoms with E-state index < -0.39 is 10.0 Å². The summed E-state index contributed by atoms with van der Waals surface area (Å²) in [5, 5.41) is 13.3. The number of fused-ring (bicyclic) bond motifs is 1. The number of aromatic nitrogens is 2. The second-order valence-electron chi connectivity index (χ2n) is 6.39. The first-order chi connectivity index (χ1) is 13.3. The van der Waals surface area contributed by atoms with Crippen LogP contribution >= 0.6 is 0 Å². The Morgan fingerprint density at radius 3 is 2.39 bits per heavy atom. The molecule has 0 saturated heterocycles. The average Bonchev–Trinajstić information content (AvgIpc) is 2.65. The fourth-order valence-corrected chi connectivity index (χ4v) is 3.43. The summed E-state index contributed by atoms with van der Waals surface area (Å²) in [4.78, 5) is 24.5. The number of nitrogens with one attached hydrogen (secondary N) is 1. The molecule has 0 saturated carbocycles. The van der Waals surface area contributed by atoms with Gasteiger partial charge in [-0.05, 0) is 30.2 Å². The van der Waals surface area contributed by atoms with Crippen LogP contribution in [0.1, 0.15) is 11.3 Å². The largest absolute Gasteiger partial charge is 0.355 e. The van der Waals surface area contributed by atoms with Gasteiger partial charge in [0.2, 0.25) is 15.9 Å². The molecule has 3 rings (SSSR count). The normalized spacial score (nSPS) is 11.5. The first-order valence-electron chi connectivity index (χ1n) is 8.59. The van der Waals surface area contributed by atoms with E-state index in [9.17, 15) is 18.0 Å². The maximum atomic E-state index is 12.3. The summed E-state index contributed by atoms with van der Waals surface area (Å²) >= 11 is 0. The maximum Gasteiger partial charge on any atom is 0.274 e. The highest BCUT2D eigenvalue weighted by Crippen LogP contribution is 2.13. The molecular weight excluding hydrogens is 380 g/mol. The van der Waals surface area contributed by atoms with Crippen molar-refractivity contribution in [2.45, 2.75) is 17.7 Å². The van der Waals surface area contributed by atoms with Gasteiger partial charge in [0, 0.05) is 19.0 Å². The van der Waals surface area contributed by atoms with Crippen LogP contribution in [0.2, 0.25) is 0 Å². The summed E-state index contributed by atoms with van der Waals surface area (Å²) < 4.78 is 23.7. The van der Waals surface area contributed by atoms with Gasteiger partial charge < -0.3 is 5.32 Å². The summed E-state index contributed by atoms with van der Waals surface area (Å²) in [5.74, 6) is -0.211. The minimum absolute atomic E-state index is 0.0490. The molecule has 0 fully saturated rings. The van der Waals surface area contributed by atoms with Crippen LogP contribution in [0.4, 0.5) is 0 Å². The highest BCUT2D eigenvalue weighted by Gasteiger charge is 2.12. The van der Waals surface area contributed by atoms with E-state index in [0.29, 0.717) is 29.4 Å². The van der Waals surface area contributed by atoms with Crippen molar-refractivity contribution in [1.82, 2.24) is 15.1 Å². The van der Waals surface area contributed by atoms with E-state index in [-0.39, 0.29) is 22.8 Å². The van der Waals surface area contributed by atoms with Gasteiger partial charge in [0.15, 0.2) is 0 Å². The van der Waals surface area contributed by atoms with Gasteiger partial charge in [-0.15, -0.1) is 0 Å². The lowest BCUT2D eigenvalue weighted by atomic mass is 10.1. The number of nitrogens with zero attached hydrogens (tertiary/aromatic N) is 2. The molecule has 0 spiro atoms. The van der Waals surface area contributed by atoms with E-state index in [0.717, 1.165) is 5.56 Å². The van der Waals surface area contributed by atoms with Crippen molar-refractivity contribution < 1.29 is 13.2 Å². The van der Waals surface area contributed by atoms with Gasteiger partial charge in [0.1, 0.15) is 0 Å². The minimum Gasteiger partial charge on any atom is -0.355 e. The molecule has 0 bridgehead atoms. The molecule has 1 amide bonds. The molecule has 146 valence electrons. The fourth-order valence-electron chi connectivity index (χ4n) is 2.91. The van der Waals surface area contributed by atoms with Gasteiger partial charge in [-0.2, -0.15) is 5.10 Å². The molecule has 28 heavy (non-hydrogen) atoms. The number of hydrogen-bond acceptors (Lipinski definition) is 5. The van der Waals surface area contributed by atoms with Gasteiger partial charge in [-0.25, -0.2) is 18.2 Å². The number of nitrogens with two attached hydrogens (primary N) is 1. The Labute approximate surface area is 162 Å². The lowest BCUT2D eigenvalue weighted by Crippen LogP contribution is -2.29.